The van der Waals surface area contributed by atoms with E-state index in [0.29, 0.717) is 28.7 Å². The van der Waals surface area contributed by atoms with Gasteiger partial charge < -0.3 is 10.1 Å². The lowest BCUT2D eigenvalue weighted by Gasteiger charge is -2.09. The number of carbonyl (C=O) groups is 1. The Labute approximate surface area is 158 Å². The summed E-state index contributed by atoms with van der Waals surface area (Å²) in [6, 6.07) is 9.81. The van der Waals surface area contributed by atoms with Crippen LogP contribution in [0.25, 0.3) is 0 Å². The quantitative estimate of drug-likeness (QED) is 0.639. The number of rotatable bonds is 7. The van der Waals surface area contributed by atoms with Gasteiger partial charge in [0.1, 0.15) is 5.75 Å². The molecule has 0 atom stereocenters. The number of anilines is 2. The second kappa shape index (κ2) is 8.40. The van der Waals surface area contributed by atoms with Gasteiger partial charge in [-0.2, -0.15) is 0 Å². The molecule has 0 unspecified atom stereocenters. The standard InChI is InChI=1S/C21H22N4O2/c1-14(2)10-15-4-6-17(7-5-15)25-21-23-11-16(12-24-21)20(26)18-8-9-22-13-19(18)27-3/h4-9,11-14H,10H2,1-3H3,(H,23,24,25). The van der Waals surface area contributed by atoms with Crippen molar-refractivity contribution in [1.82, 2.24) is 15.0 Å². The van der Waals surface area contributed by atoms with E-state index < -0.39 is 0 Å². The molecule has 2 aromatic heterocycles. The molecule has 0 radical (unpaired) electrons. The van der Waals surface area contributed by atoms with Gasteiger partial charge >= 0.3 is 0 Å². The molecule has 138 valence electrons. The summed E-state index contributed by atoms with van der Waals surface area (Å²) in [5, 5.41) is 3.14. The van der Waals surface area contributed by atoms with Gasteiger partial charge in [-0.25, -0.2) is 9.97 Å². The number of hydrogen-bond donors (Lipinski definition) is 1. The van der Waals surface area contributed by atoms with E-state index in [1.54, 1.807) is 12.3 Å². The van der Waals surface area contributed by atoms with Gasteiger partial charge in [-0.1, -0.05) is 26.0 Å². The Morgan fingerprint density at radius 3 is 2.41 bits per heavy atom. The number of ketones is 1. The lowest BCUT2D eigenvalue weighted by Crippen LogP contribution is -2.06. The van der Waals surface area contributed by atoms with Crippen LogP contribution in [0.15, 0.2) is 55.1 Å². The van der Waals surface area contributed by atoms with E-state index in [1.165, 1.54) is 31.3 Å². The van der Waals surface area contributed by atoms with Gasteiger partial charge in [-0.05, 0) is 36.1 Å². The summed E-state index contributed by atoms with van der Waals surface area (Å²) >= 11 is 0. The number of nitrogens with zero attached hydrogens (tertiary/aromatic N) is 3. The molecule has 6 heteroatoms. The molecule has 3 aromatic rings. The summed E-state index contributed by atoms with van der Waals surface area (Å²) in [5.41, 5.74) is 3.01. The van der Waals surface area contributed by atoms with Crippen molar-refractivity contribution in [2.75, 3.05) is 12.4 Å². The molecule has 0 bridgehead atoms. The fourth-order valence-electron chi connectivity index (χ4n) is 2.72. The predicted molar refractivity (Wildman–Crippen MR) is 105 cm³/mol. The van der Waals surface area contributed by atoms with Gasteiger partial charge in [-0.3, -0.25) is 9.78 Å². The number of aromatic nitrogens is 3. The van der Waals surface area contributed by atoms with Crippen molar-refractivity contribution in [2.45, 2.75) is 20.3 Å². The highest BCUT2D eigenvalue weighted by atomic mass is 16.5. The van der Waals surface area contributed by atoms with Gasteiger partial charge in [0.15, 0.2) is 5.78 Å². The maximum Gasteiger partial charge on any atom is 0.227 e. The molecule has 0 fully saturated rings. The van der Waals surface area contributed by atoms with E-state index in [2.05, 4.69) is 46.2 Å². The van der Waals surface area contributed by atoms with E-state index in [9.17, 15) is 4.79 Å². The van der Waals surface area contributed by atoms with Crippen LogP contribution in [-0.4, -0.2) is 27.8 Å². The van der Waals surface area contributed by atoms with Gasteiger partial charge in [0.2, 0.25) is 5.95 Å². The predicted octanol–water partition coefficient (Wildman–Crippen LogP) is 4.05. The normalized spacial score (nSPS) is 10.7. The SMILES string of the molecule is COc1cnccc1C(=O)c1cnc(Nc2ccc(CC(C)C)cc2)nc1. The molecule has 1 N–H and O–H groups in total. The van der Waals surface area contributed by atoms with E-state index >= 15 is 0 Å². The number of nitrogens with one attached hydrogen (secondary N) is 1. The minimum atomic E-state index is -0.209. The van der Waals surface area contributed by atoms with Crippen molar-refractivity contribution in [1.29, 1.82) is 0 Å². The molecule has 6 nitrogen and oxygen atoms in total. The molecule has 0 aliphatic heterocycles. The summed E-state index contributed by atoms with van der Waals surface area (Å²) in [6.07, 6.45) is 7.11. The first kappa shape index (κ1) is 18.5. The Morgan fingerprint density at radius 2 is 1.78 bits per heavy atom. The van der Waals surface area contributed by atoms with Crippen LogP contribution in [0.4, 0.5) is 11.6 Å². The first-order valence-corrected chi connectivity index (χ1v) is 8.77. The Morgan fingerprint density at radius 1 is 1.07 bits per heavy atom. The van der Waals surface area contributed by atoms with E-state index in [1.807, 2.05) is 12.1 Å². The van der Waals surface area contributed by atoms with Crippen LogP contribution in [0.3, 0.4) is 0 Å². The van der Waals surface area contributed by atoms with Gasteiger partial charge in [-0.15, -0.1) is 0 Å². The fourth-order valence-corrected chi connectivity index (χ4v) is 2.72. The first-order valence-electron chi connectivity index (χ1n) is 8.77. The van der Waals surface area contributed by atoms with E-state index in [4.69, 9.17) is 4.74 Å². The molecule has 27 heavy (non-hydrogen) atoms. The Bertz CT molecular complexity index is 906. The van der Waals surface area contributed by atoms with Crippen LogP contribution < -0.4 is 10.1 Å². The summed E-state index contributed by atoms with van der Waals surface area (Å²) in [5.74, 6) is 1.27. The van der Waals surface area contributed by atoms with Crippen LogP contribution in [0.5, 0.6) is 5.75 Å². The number of ether oxygens (including phenoxy) is 1. The van der Waals surface area contributed by atoms with Gasteiger partial charge in [0.05, 0.1) is 24.4 Å². The average Bonchev–Trinajstić information content (AvgIpc) is 2.69. The molecule has 3 rings (SSSR count). The summed E-state index contributed by atoms with van der Waals surface area (Å²) < 4.78 is 5.19. The third-order valence-electron chi connectivity index (χ3n) is 4.02. The lowest BCUT2D eigenvalue weighted by atomic mass is 10.0. The smallest absolute Gasteiger partial charge is 0.227 e. The topological polar surface area (TPSA) is 77.0 Å². The number of carbonyl (C=O) groups excluding carboxylic acids is 1. The molecule has 2 heterocycles. The van der Waals surface area contributed by atoms with Gasteiger partial charge in [0.25, 0.3) is 0 Å². The van der Waals surface area contributed by atoms with Crippen molar-refractivity contribution >= 4 is 17.4 Å². The van der Waals surface area contributed by atoms with Crippen LogP contribution in [0.1, 0.15) is 35.3 Å². The summed E-state index contributed by atoms with van der Waals surface area (Å²) in [4.78, 5) is 25.1. The number of pyridine rings is 1. The Hall–Kier alpha value is -3.28. The molecule has 0 saturated heterocycles. The number of methoxy groups -OCH3 is 1. The van der Waals surface area contributed by atoms with Gasteiger partial charge in [0, 0.05) is 24.3 Å². The monoisotopic (exact) mass is 362 g/mol. The van der Waals surface area contributed by atoms with Crippen LogP contribution >= 0.6 is 0 Å². The lowest BCUT2D eigenvalue weighted by molar-refractivity contribution is 0.103. The van der Waals surface area contributed by atoms with Crippen molar-refractivity contribution in [2.24, 2.45) is 5.92 Å². The second-order valence-corrected chi connectivity index (χ2v) is 6.62. The number of hydrogen-bond acceptors (Lipinski definition) is 6. The highest BCUT2D eigenvalue weighted by Gasteiger charge is 2.15. The van der Waals surface area contributed by atoms with E-state index in [0.717, 1.165) is 12.1 Å². The van der Waals surface area contributed by atoms with Crippen LogP contribution in [0, 0.1) is 5.92 Å². The highest BCUT2D eigenvalue weighted by Crippen LogP contribution is 2.20. The van der Waals surface area contributed by atoms with Crippen molar-refractivity contribution in [3.05, 3.63) is 71.8 Å². The van der Waals surface area contributed by atoms with Crippen LogP contribution in [0.2, 0.25) is 0 Å². The minimum Gasteiger partial charge on any atom is -0.494 e. The molecule has 0 spiro atoms. The third-order valence-corrected chi connectivity index (χ3v) is 4.02. The molecule has 0 amide bonds. The first-order chi connectivity index (χ1) is 13.1. The average molecular weight is 362 g/mol. The third kappa shape index (κ3) is 4.67. The Balaban J connectivity index is 1.71. The molecule has 1 aromatic carbocycles. The zero-order chi connectivity index (χ0) is 19.2. The zero-order valence-corrected chi connectivity index (χ0v) is 15.6. The van der Waals surface area contributed by atoms with Crippen molar-refractivity contribution in [3.8, 4) is 5.75 Å². The maximum absolute atomic E-state index is 12.6. The second-order valence-electron chi connectivity index (χ2n) is 6.62. The summed E-state index contributed by atoms with van der Waals surface area (Å²) in [6.45, 7) is 4.40. The highest BCUT2D eigenvalue weighted by molar-refractivity contribution is 6.10. The maximum atomic E-state index is 12.6. The molecule has 0 aliphatic carbocycles. The zero-order valence-electron chi connectivity index (χ0n) is 15.6. The van der Waals surface area contributed by atoms with Crippen LogP contribution in [-0.2, 0) is 6.42 Å². The summed E-state index contributed by atoms with van der Waals surface area (Å²) in [7, 11) is 1.50. The fraction of sp³-hybridized carbons (Fsp3) is 0.238. The molecular weight excluding hydrogens is 340 g/mol. The molecule has 0 aliphatic rings. The molecular formula is C21H22N4O2. The largest absolute Gasteiger partial charge is 0.494 e. The number of benzene rings is 1. The Kier molecular flexibility index (Phi) is 5.76. The van der Waals surface area contributed by atoms with Crippen molar-refractivity contribution < 1.29 is 9.53 Å². The van der Waals surface area contributed by atoms with Crippen molar-refractivity contribution in [3.63, 3.8) is 0 Å². The van der Waals surface area contributed by atoms with E-state index in [-0.39, 0.29) is 5.78 Å². The minimum absolute atomic E-state index is 0.209. The molecule has 0 saturated carbocycles.